The van der Waals surface area contributed by atoms with E-state index < -0.39 is 51.2 Å². The fourth-order valence-corrected chi connectivity index (χ4v) is 2.33. The minimum absolute atomic E-state index is 0.641. The lowest BCUT2D eigenvalue weighted by molar-refractivity contribution is -0.0654. The average molecular weight is 325 g/mol. The Hall–Kier alpha value is -1.04. The molecular formula is C9H16N3O8P. The number of carbonyl (C=O) groups excluding carboxylic acids is 1. The second-order valence-electron chi connectivity index (χ2n) is 4.56. The molecule has 0 aromatic carbocycles. The quantitative estimate of drug-likeness (QED) is 0.302. The Morgan fingerprint density at radius 1 is 1.43 bits per heavy atom. The third-order valence-electron chi connectivity index (χ3n) is 3.00. The van der Waals surface area contributed by atoms with Gasteiger partial charge in [0.05, 0.1) is 12.8 Å². The van der Waals surface area contributed by atoms with E-state index in [0.29, 0.717) is 0 Å². The van der Waals surface area contributed by atoms with Gasteiger partial charge < -0.3 is 35.8 Å². The van der Waals surface area contributed by atoms with Crippen molar-refractivity contribution in [2.24, 2.45) is 5.73 Å². The van der Waals surface area contributed by atoms with E-state index in [2.05, 4.69) is 9.84 Å². The molecule has 2 rings (SSSR count). The molecule has 12 heteroatoms. The van der Waals surface area contributed by atoms with Crippen molar-refractivity contribution < 1.29 is 38.6 Å². The first-order valence-electron chi connectivity index (χ1n) is 5.93. The summed E-state index contributed by atoms with van der Waals surface area (Å²) in [5.41, 5.74) is 5.47. The highest BCUT2D eigenvalue weighted by Crippen LogP contribution is 2.37. The molecule has 21 heavy (non-hydrogen) atoms. The summed E-state index contributed by atoms with van der Waals surface area (Å²) in [4.78, 5) is 29.9. The molecular weight excluding hydrogens is 309 g/mol. The molecule has 1 fully saturated rings. The van der Waals surface area contributed by atoms with Gasteiger partial charge in [0.2, 0.25) is 0 Å². The molecule has 1 saturated heterocycles. The number of aliphatic hydroxyl groups excluding tert-OH is 2. The first-order chi connectivity index (χ1) is 9.69. The number of hydrogen-bond acceptors (Lipinski definition) is 7. The maximum absolute atomic E-state index is 11.7. The predicted octanol–water partition coefficient (Wildman–Crippen LogP) is -2.63. The Bertz CT molecular complexity index is 482. The van der Waals surface area contributed by atoms with Crippen molar-refractivity contribution in [2.45, 2.75) is 30.7 Å². The number of phosphoric acid groups is 1. The van der Waals surface area contributed by atoms with E-state index >= 15 is 0 Å². The maximum atomic E-state index is 11.7. The number of phosphoric ester groups is 1. The van der Waals surface area contributed by atoms with Gasteiger partial charge in [-0.3, -0.25) is 9.42 Å². The molecule has 2 aliphatic heterocycles. The number of aliphatic hydroxyl groups is 2. The fraction of sp³-hybridized carbons (Fsp3) is 0.667. The van der Waals surface area contributed by atoms with Crippen LogP contribution in [0.2, 0.25) is 0 Å². The predicted molar refractivity (Wildman–Crippen MR) is 66.2 cm³/mol. The summed E-state index contributed by atoms with van der Waals surface area (Å²) in [6.07, 6.45) is -3.33. The van der Waals surface area contributed by atoms with Gasteiger partial charge in [0.15, 0.2) is 6.23 Å². The smallest absolute Gasteiger partial charge is 0.387 e. The zero-order chi connectivity index (χ0) is 15.8. The molecule has 0 bridgehead atoms. The van der Waals surface area contributed by atoms with E-state index in [4.69, 9.17) is 20.3 Å². The largest absolute Gasteiger partial charge is 0.469 e. The summed E-state index contributed by atoms with van der Waals surface area (Å²) in [5.74, 6) is 0. The van der Waals surface area contributed by atoms with Crippen LogP contribution in [0.3, 0.4) is 0 Å². The van der Waals surface area contributed by atoms with Crippen LogP contribution in [0, 0.1) is 0 Å². The molecule has 2 amide bonds. The van der Waals surface area contributed by atoms with E-state index in [1.807, 2.05) is 0 Å². The van der Waals surface area contributed by atoms with Crippen LogP contribution < -0.4 is 11.1 Å². The highest BCUT2D eigenvalue weighted by Gasteiger charge is 2.47. The molecule has 7 N–H and O–H groups in total. The normalized spacial score (nSPS) is 36.9. The minimum atomic E-state index is -4.73. The molecule has 2 heterocycles. The van der Waals surface area contributed by atoms with Crippen LogP contribution in [0.15, 0.2) is 12.3 Å². The number of nitrogens with one attached hydrogen (secondary N) is 1. The van der Waals surface area contributed by atoms with Crippen molar-refractivity contribution in [2.75, 3.05) is 6.61 Å². The van der Waals surface area contributed by atoms with Gasteiger partial charge in [-0.2, -0.15) is 0 Å². The van der Waals surface area contributed by atoms with Gasteiger partial charge in [-0.1, -0.05) is 0 Å². The van der Waals surface area contributed by atoms with Crippen LogP contribution in [0.1, 0.15) is 0 Å². The van der Waals surface area contributed by atoms with Gasteiger partial charge >= 0.3 is 13.9 Å². The highest BCUT2D eigenvalue weighted by molar-refractivity contribution is 7.46. The lowest BCUT2D eigenvalue weighted by Gasteiger charge is -2.31. The summed E-state index contributed by atoms with van der Waals surface area (Å²) in [6, 6.07) is -0.641. The lowest BCUT2D eigenvalue weighted by Crippen LogP contribution is -2.55. The van der Waals surface area contributed by atoms with Crippen LogP contribution in [0.5, 0.6) is 0 Å². The second-order valence-corrected chi connectivity index (χ2v) is 5.80. The zero-order valence-electron chi connectivity index (χ0n) is 10.6. The van der Waals surface area contributed by atoms with Crippen molar-refractivity contribution in [3.63, 3.8) is 0 Å². The van der Waals surface area contributed by atoms with Crippen molar-refractivity contribution in [1.82, 2.24) is 10.2 Å². The number of amides is 2. The van der Waals surface area contributed by atoms with E-state index in [1.165, 1.54) is 12.3 Å². The number of rotatable bonds is 4. The maximum Gasteiger partial charge on any atom is 0.469 e. The number of hydrogen-bond donors (Lipinski definition) is 6. The van der Waals surface area contributed by atoms with Gasteiger partial charge in [0, 0.05) is 6.20 Å². The summed E-state index contributed by atoms with van der Waals surface area (Å²) >= 11 is 0. The van der Waals surface area contributed by atoms with Crippen molar-refractivity contribution in [1.29, 1.82) is 0 Å². The van der Waals surface area contributed by atoms with Crippen LogP contribution in [0.4, 0.5) is 4.79 Å². The number of ether oxygens (including phenoxy) is 1. The molecule has 0 aliphatic carbocycles. The Balaban J connectivity index is 2.04. The lowest BCUT2D eigenvalue weighted by atomic mass is 10.1. The van der Waals surface area contributed by atoms with Gasteiger partial charge in [0.25, 0.3) is 0 Å². The van der Waals surface area contributed by atoms with Crippen LogP contribution >= 0.6 is 7.82 Å². The third-order valence-corrected chi connectivity index (χ3v) is 3.48. The number of nitrogens with two attached hydrogens (primary N) is 1. The Labute approximate surface area is 119 Å². The first kappa shape index (κ1) is 16.3. The van der Waals surface area contributed by atoms with E-state index in [-0.39, 0.29) is 0 Å². The summed E-state index contributed by atoms with van der Waals surface area (Å²) in [5, 5.41) is 22.0. The monoisotopic (exact) mass is 325 g/mol. The van der Waals surface area contributed by atoms with Gasteiger partial charge in [-0.25, -0.2) is 9.36 Å². The van der Waals surface area contributed by atoms with E-state index in [1.54, 1.807) is 0 Å². The SMILES string of the molecule is NC1C=CN(C2OC(COP(=O)(O)O)C(O)C2O)C(=O)N1. The Kier molecular flexibility index (Phi) is 4.66. The molecule has 0 saturated carbocycles. The van der Waals surface area contributed by atoms with E-state index in [9.17, 15) is 19.6 Å². The highest BCUT2D eigenvalue weighted by atomic mass is 31.2. The Morgan fingerprint density at radius 3 is 2.67 bits per heavy atom. The number of nitrogens with zero attached hydrogens (tertiary/aromatic N) is 1. The van der Waals surface area contributed by atoms with Gasteiger partial charge in [-0.15, -0.1) is 0 Å². The van der Waals surface area contributed by atoms with Crippen LogP contribution in [-0.2, 0) is 13.8 Å². The molecule has 0 aromatic heterocycles. The van der Waals surface area contributed by atoms with Gasteiger partial charge in [0.1, 0.15) is 18.3 Å². The van der Waals surface area contributed by atoms with Gasteiger partial charge in [-0.05, 0) is 6.08 Å². The molecule has 0 radical (unpaired) electrons. The molecule has 11 nitrogen and oxygen atoms in total. The fourth-order valence-electron chi connectivity index (χ4n) is 1.99. The van der Waals surface area contributed by atoms with Crippen molar-refractivity contribution in [3.05, 3.63) is 12.3 Å². The second kappa shape index (κ2) is 5.99. The number of urea groups is 1. The van der Waals surface area contributed by atoms with Crippen molar-refractivity contribution >= 4 is 13.9 Å². The topological polar surface area (TPSA) is 175 Å². The first-order valence-corrected chi connectivity index (χ1v) is 7.46. The number of carbonyl (C=O) groups is 1. The Morgan fingerprint density at radius 2 is 2.10 bits per heavy atom. The third kappa shape index (κ3) is 3.78. The molecule has 5 unspecified atom stereocenters. The molecule has 2 aliphatic rings. The van der Waals surface area contributed by atoms with E-state index in [0.717, 1.165) is 4.90 Å². The summed E-state index contributed by atoms with van der Waals surface area (Å²) < 4.78 is 20.1. The zero-order valence-corrected chi connectivity index (χ0v) is 11.5. The standard InChI is InChI=1S/C9H16N3O8P/c10-5-1-2-12(9(15)11-5)8-7(14)6(13)4(20-8)3-19-21(16,17)18/h1-2,4-8,13-14H,3,10H2,(H,11,15)(H2,16,17,18). The molecule has 120 valence electrons. The van der Waals surface area contributed by atoms with Crippen molar-refractivity contribution in [3.8, 4) is 0 Å². The molecule has 0 spiro atoms. The molecule has 0 aromatic rings. The molecule has 5 atom stereocenters. The van der Waals surface area contributed by atoms with Crippen LogP contribution in [0.25, 0.3) is 0 Å². The summed E-state index contributed by atoms with van der Waals surface area (Å²) in [6.45, 7) is -0.641. The summed E-state index contributed by atoms with van der Waals surface area (Å²) in [7, 11) is -4.73. The van der Waals surface area contributed by atoms with Crippen LogP contribution in [-0.4, -0.2) is 68.2 Å². The minimum Gasteiger partial charge on any atom is -0.387 e. The average Bonchev–Trinajstić information content (AvgIpc) is 2.64.